The fraction of sp³-hybridized carbons (Fsp3) is 0.417. The summed E-state index contributed by atoms with van der Waals surface area (Å²) in [5.74, 6) is 0.282. The molecule has 0 atom stereocenters. The first-order chi connectivity index (χ1) is 8.16. The number of anilines is 1. The van der Waals surface area contributed by atoms with Gasteiger partial charge in [-0.25, -0.2) is 0 Å². The summed E-state index contributed by atoms with van der Waals surface area (Å²) < 4.78 is 0. The van der Waals surface area contributed by atoms with Crippen LogP contribution in [0.25, 0.3) is 0 Å². The second-order valence-corrected chi connectivity index (χ2v) is 4.58. The number of non-ortho nitro benzene ring substituents is 1. The van der Waals surface area contributed by atoms with Crippen molar-refractivity contribution < 1.29 is 9.72 Å². The number of fused-ring (bicyclic) bond motifs is 1. The molecule has 0 unspecified atom stereocenters. The average molecular weight is 232 g/mol. The van der Waals surface area contributed by atoms with Gasteiger partial charge in [0.25, 0.3) is 5.69 Å². The molecule has 17 heavy (non-hydrogen) atoms. The largest absolute Gasteiger partial charge is 0.311 e. The molecule has 0 spiro atoms. The molecule has 1 aliphatic carbocycles. The first kappa shape index (κ1) is 10.3. The zero-order chi connectivity index (χ0) is 12.0. The van der Waals surface area contributed by atoms with E-state index in [4.69, 9.17) is 0 Å². The summed E-state index contributed by atoms with van der Waals surface area (Å²) in [4.78, 5) is 24.0. The molecule has 1 heterocycles. The first-order valence-corrected chi connectivity index (χ1v) is 5.75. The highest BCUT2D eigenvalue weighted by Gasteiger charge is 2.36. The molecule has 3 rings (SSSR count). The van der Waals surface area contributed by atoms with Crippen LogP contribution in [-0.4, -0.2) is 17.4 Å². The van der Waals surface area contributed by atoms with Gasteiger partial charge in [0.1, 0.15) is 0 Å². The molecule has 0 aromatic heterocycles. The third-order valence-corrected chi connectivity index (χ3v) is 3.37. The molecule has 0 bridgehead atoms. The summed E-state index contributed by atoms with van der Waals surface area (Å²) in [5.41, 5.74) is 1.82. The fourth-order valence-corrected chi connectivity index (χ4v) is 2.26. The van der Waals surface area contributed by atoms with Gasteiger partial charge in [-0.1, -0.05) is 6.07 Å². The molecule has 2 aliphatic rings. The predicted octanol–water partition coefficient (Wildman–Crippen LogP) is 1.89. The lowest BCUT2D eigenvalue weighted by Crippen LogP contribution is -2.30. The summed E-state index contributed by atoms with van der Waals surface area (Å²) in [5, 5.41) is 10.7. The first-order valence-electron chi connectivity index (χ1n) is 5.75. The highest BCUT2D eigenvalue weighted by atomic mass is 16.6. The van der Waals surface area contributed by atoms with Gasteiger partial charge in [0.05, 0.1) is 10.6 Å². The third kappa shape index (κ3) is 1.67. The number of nitro benzene ring substituents is 1. The minimum absolute atomic E-state index is 0.0549. The van der Waals surface area contributed by atoms with Gasteiger partial charge in [-0.05, 0) is 24.8 Å². The van der Waals surface area contributed by atoms with Crippen LogP contribution in [0.1, 0.15) is 18.4 Å². The Bertz CT molecular complexity index is 508. The number of nitro groups is 1. The van der Waals surface area contributed by atoms with Crippen molar-refractivity contribution in [3.63, 3.8) is 0 Å². The van der Waals surface area contributed by atoms with E-state index in [9.17, 15) is 14.9 Å². The van der Waals surface area contributed by atoms with Gasteiger partial charge in [0, 0.05) is 24.6 Å². The van der Waals surface area contributed by atoms with Gasteiger partial charge >= 0.3 is 0 Å². The topological polar surface area (TPSA) is 63.5 Å². The molecule has 0 saturated heterocycles. The molecule has 88 valence electrons. The van der Waals surface area contributed by atoms with Crippen LogP contribution in [0.4, 0.5) is 11.4 Å². The Balaban J connectivity index is 1.96. The maximum absolute atomic E-state index is 12.0. The van der Waals surface area contributed by atoms with Crippen molar-refractivity contribution in [3.8, 4) is 0 Å². The summed E-state index contributed by atoms with van der Waals surface area (Å²) in [7, 11) is 0. The van der Waals surface area contributed by atoms with E-state index in [0.717, 1.165) is 30.5 Å². The standard InChI is InChI=1S/C12H12N2O3/c15-12(9-1-2-9)13-6-5-8-3-4-10(14(16)17)7-11(8)13/h3-4,7,9H,1-2,5-6H2. The molecule has 1 saturated carbocycles. The number of carbonyl (C=O) groups is 1. The van der Waals surface area contributed by atoms with E-state index in [2.05, 4.69) is 0 Å². The van der Waals surface area contributed by atoms with Crippen LogP contribution in [-0.2, 0) is 11.2 Å². The minimum Gasteiger partial charge on any atom is -0.311 e. The second kappa shape index (κ2) is 3.55. The zero-order valence-corrected chi connectivity index (χ0v) is 9.26. The number of amides is 1. The van der Waals surface area contributed by atoms with Gasteiger partial charge in [-0.15, -0.1) is 0 Å². The smallest absolute Gasteiger partial charge is 0.271 e. The highest BCUT2D eigenvalue weighted by Crippen LogP contribution is 2.37. The summed E-state index contributed by atoms with van der Waals surface area (Å²) in [6.45, 7) is 0.659. The van der Waals surface area contributed by atoms with Crippen molar-refractivity contribution in [2.24, 2.45) is 5.92 Å². The van der Waals surface area contributed by atoms with Crippen molar-refractivity contribution in [2.45, 2.75) is 19.3 Å². The summed E-state index contributed by atoms with van der Waals surface area (Å²) in [6.07, 6.45) is 2.71. The molecule has 0 N–H and O–H groups in total. The zero-order valence-electron chi connectivity index (χ0n) is 9.26. The molecule has 1 amide bonds. The van der Waals surface area contributed by atoms with Crippen molar-refractivity contribution in [1.29, 1.82) is 0 Å². The Kier molecular flexibility index (Phi) is 2.14. The molecular formula is C12H12N2O3. The normalized spacial score (nSPS) is 18.0. The van der Waals surface area contributed by atoms with Crippen molar-refractivity contribution >= 4 is 17.3 Å². The number of carbonyl (C=O) groups excluding carboxylic acids is 1. The SMILES string of the molecule is O=C(C1CC1)N1CCc2ccc([N+](=O)[O-])cc21. The highest BCUT2D eigenvalue weighted by molar-refractivity contribution is 5.98. The molecule has 1 fully saturated rings. The van der Waals surface area contributed by atoms with Gasteiger partial charge in [-0.2, -0.15) is 0 Å². The Morgan fingerprint density at radius 3 is 2.82 bits per heavy atom. The maximum Gasteiger partial charge on any atom is 0.271 e. The van der Waals surface area contributed by atoms with Crippen LogP contribution in [0.2, 0.25) is 0 Å². The second-order valence-electron chi connectivity index (χ2n) is 4.58. The monoisotopic (exact) mass is 232 g/mol. The van der Waals surface area contributed by atoms with Gasteiger partial charge in [-0.3, -0.25) is 14.9 Å². The van der Waals surface area contributed by atoms with Crippen molar-refractivity contribution in [3.05, 3.63) is 33.9 Å². The summed E-state index contributed by atoms with van der Waals surface area (Å²) >= 11 is 0. The van der Waals surface area contributed by atoms with Crippen LogP contribution in [0.5, 0.6) is 0 Å². The van der Waals surface area contributed by atoms with Crippen LogP contribution in [0.3, 0.4) is 0 Å². The Hall–Kier alpha value is -1.91. The van der Waals surface area contributed by atoms with Crippen molar-refractivity contribution in [1.82, 2.24) is 0 Å². The van der Waals surface area contributed by atoms with E-state index >= 15 is 0 Å². The van der Waals surface area contributed by atoms with E-state index in [1.54, 1.807) is 11.0 Å². The molecule has 0 radical (unpaired) electrons. The summed E-state index contributed by atoms with van der Waals surface area (Å²) in [6, 6.07) is 4.78. The molecule has 1 aliphatic heterocycles. The Morgan fingerprint density at radius 1 is 1.41 bits per heavy atom. The van der Waals surface area contributed by atoms with E-state index in [0.29, 0.717) is 6.54 Å². The van der Waals surface area contributed by atoms with Gasteiger partial charge in [0.15, 0.2) is 0 Å². The van der Waals surface area contributed by atoms with E-state index in [-0.39, 0.29) is 17.5 Å². The number of nitrogens with zero attached hydrogens (tertiary/aromatic N) is 2. The minimum atomic E-state index is -0.418. The third-order valence-electron chi connectivity index (χ3n) is 3.37. The Labute approximate surface area is 98.2 Å². The van der Waals surface area contributed by atoms with Crippen LogP contribution in [0.15, 0.2) is 18.2 Å². The van der Waals surface area contributed by atoms with E-state index < -0.39 is 4.92 Å². The Morgan fingerprint density at radius 2 is 2.18 bits per heavy atom. The number of benzene rings is 1. The molecule has 5 nitrogen and oxygen atoms in total. The number of hydrogen-bond acceptors (Lipinski definition) is 3. The van der Waals surface area contributed by atoms with Crippen LogP contribution < -0.4 is 4.90 Å². The molecule has 1 aromatic carbocycles. The van der Waals surface area contributed by atoms with Crippen LogP contribution in [0, 0.1) is 16.0 Å². The lowest BCUT2D eigenvalue weighted by Gasteiger charge is -2.16. The average Bonchev–Trinajstić information content (AvgIpc) is 3.07. The van der Waals surface area contributed by atoms with E-state index in [1.807, 2.05) is 0 Å². The number of hydrogen-bond donors (Lipinski definition) is 0. The molecule has 5 heteroatoms. The molecular weight excluding hydrogens is 220 g/mol. The van der Waals surface area contributed by atoms with Crippen LogP contribution >= 0.6 is 0 Å². The fourth-order valence-electron chi connectivity index (χ4n) is 2.26. The maximum atomic E-state index is 12.0. The lowest BCUT2D eigenvalue weighted by atomic mass is 10.1. The number of rotatable bonds is 2. The van der Waals surface area contributed by atoms with Gasteiger partial charge in [0.2, 0.25) is 5.91 Å². The lowest BCUT2D eigenvalue weighted by molar-refractivity contribution is -0.384. The quantitative estimate of drug-likeness (QED) is 0.577. The molecule has 1 aromatic rings. The van der Waals surface area contributed by atoms with E-state index in [1.165, 1.54) is 12.1 Å². The van der Waals surface area contributed by atoms with Crippen molar-refractivity contribution in [2.75, 3.05) is 11.4 Å². The van der Waals surface area contributed by atoms with Gasteiger partial charge < -0.3 is 4.90 Å². The predicted molar refractivity (Wildman–Crippen MR) is 61.9 cm³/mol.